The van der Waals surface area contributed by atoms with Gasteiger partial charge in [0.25, 0.3) is 0 Å². The normalized spacial score (nSPS) is 20.6. The van der Waals surface area contributed by atoms with Crippen molar-refractivity contribution in [2.24, 2.45) is 5.92 Å². The third-order valence-corrected chi connectivity index (χ3v) is 3.16. The van der Waals surface area contributed by atoms with Gasteiger partial charge in [-0.05, 0) is 19.4 Å². The predicted octanol–water partition coefficient (Wildman–Crippen LogP) is 2.14. The van der Waals surface area contributed by atoms with E-state index >= 15 is 0 Å². The number of allylic oxidation sites excluding steroid dienone is 1. The number of nitrogens with one attached hydrogen (secondary N) is 1. The summed E-state index contributed by atoms with van der Waals surface area (Å²) < 4.78 is 4.63. The van der Waals surface area contributed by atoms with Crippen LogP contribution in [-0.4, -0.2) is 35.9 Å². The molecule has 0 aromatic heterocycles. The third-order valence-electron chi connectivity index (χ3n) is 3.16. The van der Waals surface area contributed by atoms with Crippen LogP contribution in [0.4, 0.5) is 0 Å². The van der Waals surface area contributed by atoms with Crippen molar-refractivity contribution in [1.29, 1.82) is 0 Å². The zero-order valence-electron chi connectivity index (χ0n) is 12.2. The Morgan fingerprint density at radius 2 is 2.20 bits per heavy atom. The standard InChI is InChI=1S/C14H23NO5/c1-4-6-10(15-20-5-2)13-11(16)7-9(8-12(13)17)14(18)19-3/h7,9-10,15-17H,4-6,8H2,1-3H3. The molecule has 6 nitrogen and oxygen atoms in total. The number of rotatable bonds is 7. The van der Waals surface area contributed by atoms with E-state index in [-0.39, 0.29) is 24.0 Å². The molecular weight excluding hydrogens is 262 g/mol. The zero-order chi connectivity index (χ0) is 15.1. The van der Waals surface area contributed by atoms with Gasteiger partial charge in [0.1, 0.15) is 11.5 Å². The Balaban J connectivity index is 2.92. The van der Waals surface area contributed by atoms with Crippen LogP contribution in [0.5, 0.6) is 0 Å². The van der Waals surface area contributed by atoms with Crippen LogP contribution in [0.2, 0.25) is 0 Å². The van der Waals surface area contributed by atoms with Crippen LogP contribution in [0.25, 0.3) is 0 Å². The molecular formula is C14H23NO5. The summed E-state index contributed by atoms with van der Waals surface area (Å²) in [5.74, 6) is -1.24. The minimum absolute atomic E-state index is 0.00828. The number of hydrogen-bond acceptors (Lipinski definition) is 6. The van der Waals surface area contributed by atoms with E-state index in [2.05, 4.69) is 10.2 Å². The van der Waals surface area contributed by atoms with Gasteiger partial charge in [-0.2, -0.15) is 5.48 Å². The number of hydroxylamine groups is 1. The van der Waals surface area contributed by atoms with Crippen molar-refractivity contribution < 1.29 is 24.6 Å². The molecule has 3 N–H and O–H groups in total. The Kier molecular flexibility index (Phi) is 6.54. The molecule has 20 heavy (non-hydrogen) atoms. The molecule has 0 aromatic carbocycles. The van der Waals surface area contributed by atoms with Crippen LogP contribution in [0.15, 0.2) is 23.2 Å². The zero-order valence-corrected chi connectivity index (χ0v) is 12.2. The van der Waals surface area contributed by atoms with Crippen LogP contribution in [0.3, 0.4) is 0 Å². The molecule has 1 rings (SSSR count). The average Bonchev–Trinajstić information content (AvgIpc) is 2.42. The highest BCUT2D eigenvalue weighted by molar-refractivity contribution is 5.75. The van der Waals surface area contributed by atoms with Crippen molar-refractivity contribution in [2.75, 3.05) is 13.7 Å². The van der Waals surface area contributed by atoms with Crippen molar-refractivity contribution in [1.82, 2.24) is 5.48 Å². The van der Waals surface area contributed by atoms with Crippen molar-refractivity contribution in [3.63, 3.8) is 0 Å². The molecule has 0 bridgehead atoms. The van der Waals surface area contributed by atoms with E-state index in [0.29, 0.717) is 18.6 Å². The Morgan fingerprint density at radius 3 is 2.70 bits per heavy atom. The summed E-state index contributed by atoms with van der Waals surface area (Å²) in [5, 5.41) is 20.2. The van der Waals surface area contributed by atoms with E-state index in [1.807, 2.05) is 13.8 Å². The number of ether oxygens (including phenoxy) is 1. The molecule has 0 radical (unpaired) electrons. The van der Waals surface area contributed by atoms with E-state index in [1.165, 1.54) is 13.2 Å². The van der Waals surface area contributed by atoms with Gasteiger partial charge < -0.3 is 19.8 Å². The van der Waals surface area contributed by atoms with Gasteiger partial charge >= 0.3 is 5.97 Å². The number of aliphatic hydroxyl groups is 2. The monoisotopic (exact) mass is 285 g/mol. The Labute approximate surface area is 119 Å². The smallest absolute Gasteiger partial charge is 0.313 e. The summed E-state index contributed by atoms with van der Waals surface area (Å²) in [5.41, 5.74) is 3.21. The number of aliphatic hydroxyl groups excluding tert-OH is 2. The highest BCUT2D eigenvalue weighted by Crippen LogP contribution is 2.30. The lowest BCUT2D eigenvalue weighted by Gasteiger charge is -2.26. The fourth-order valence-corrected chi connectivity index (χ4v) is 2.22. The van der Waals surface area contributed by atoms with Crippen LogP contribution in [0, 0.1) is 5.92 Å². The lowest BCUT2D eigenvalue weighted by atomic mass is 9.89. The summed E-state index contributed by atoms with van der Waals surface area (Å²) in [6.07, 6.45) is 3.09. The molecule has 1 aliphatic carbocycles. The summed E-state index contributed by atoms with van der Waals surface area (Å²) in [4.78, 5) is 16.6. The van der Waals surface area contributed by atoms with Gasteiger partial charge in [0.05, 0.1) is 31.2 Å². The molecule has 0 amide bonds. The molecule has 0 aromatic rings. The first-order chi connectivity index (χ1) is 9.54. The van der Waals surface area contributed by atoms with E-state index in [1.54, 1.807) is 0 Å². The largest absolute Gasteiger partial charge is 0.512 e. The van der Waals surface area contributed by atoms with Gasteiger partial charge in [0.15, 0.2) is 0 Å². The number of carbonyl (C=O) groups is 1. The summed E-state index contributed by atoms with van der Waals surface area (Å²) in [6.45, 7) is 4.32. The van der Waals surface area contributed by atoms with E-state index in [0.717, 1.165) is 6.42 Å². The molecule has 0 fully saturated rings. The molecule has 114 valence electrons. The first kappa shape index (κ1) is 16.5. The van der Waals surface area contributed by atoms with Crippen LogP contribution >= 0.6 is 0 Å². The maximum absolute atomic E-state index is 11.5. The van der Waals surface area contributed by atoms with E-state index in [9.17, 15) is 15.0 Å². The highest BCUT2D eigenvalue weighted by atomic mass is 16.6. The number of carbonyl (C=O) groups excluding carboxylic acids is 1. The second-order valence-electron chi connectivity index (χ2n) is 4.64. The fraction of sp³-hybridized carbons (Fsp3) is 0.643. The van der Waals surface area contributed by atoms with Gasteiger partial charge in [-0.3, -0.25) is 4.79 Å². The Bertz CT molecular complexity index is 402. The average molecular weight is 285 g/mol. The quantitative estimate of drug-likeness (QED) is 0.490. The molecule has 6 heteroatoms. The molecule has 2 atom stereocenters. The van der Waals surface area contributed by atoms with Gasteiger partial charge in [0, 0.05) is 6.42 Å². The lowest BCUT2D eigenvalue weighted by molar-refractivity contribution is -0.144. The first-order valence-electron chi connectivity index (χ1n) is 6.83. The molecule has 0 saturated heterocycles. The molecule has 2 unspecified atom stereocenters. The van der Waals surface area contributed by atoms with E-state index in [4.69, 9.17) is 4.84 Å². The molecule has 0 aliphatic heterocycles. The molecule has 0 heterocycles. The molecule has 0 spiro atoms. The second kappa shape index (κ2) is 7.91. The van der Waals surface area contributed by atoms with Crippen molar-refractivity contribution >= 4 is 5.97 Å². The molecule has 1 aliphatic rings. The van der Waals surface area contributed by atoms with Crippen LogP contribution in [0.1, 0.15) is 33.1 Å². The number of esters is 1. The van der Waals surface area contributed by atoms with Crippen molar-refractivity contribution in [2.45, 2.75) is 39.2 Å². The number of hydrogen-bond donors (Lipinski definition) is 3. The minimum Gasteiger partial charge on any atom is -0.512 e. The maximum Gasteiger partial charge on any atom is 0.313 e. The molecule has 0 saturated carbocycles. The second-order valence-corrected chi connectivity index (χ2v) is 4.64. The third kappa shape index (κ3) is 3.98. The summed E-state index contributed by atoms with van der Waals surface area (Å²) in [7, 11) is 1.28. The van der Waals surface area contributed by atoms with Gasteiger partial charge in [-0.25, -0.2) is 0 Å². The van der Waals surface area contributed by atoms with Crippen molar-refractivity contribution in [3.05, 3.63) is 23.2 Å². The fourth-order valence-electron chi connectivity index (χ4n) is 2.22. The summed E-state index contributed by atoms with van der Waals surface area (Å²) >= 11 is 0. The van der Waals surface area contributed by atoms with Gasteiger partial charge in [0.2, 0.25) is 0 Å². The van der Waals surface area contributed by atoms with Crippen LogP contribution < -0.4 is 5.48 Å². The highest BCUT2D eigenvalue weighted by Gasteiger charge is 2.31. The summed E-state index contributed by atoms with van der Waals surface area (Å²) in [6, 6.07) is -0.310. The van der Waals surface area contributed by atoms with Crippen LogP contribution in [-0.2, 0) is 14.4 Å². The minimum atomic E-state index is -0.655. The van der Waals surface area contributed by atoms with Gasteiger partial charge in [-0.15, -0.1) is 0 Å². The predicted molar refractivity (Wildman–Crippen MR) is 73.9 cm³/mol. The maximum atomic E-state index is 11.5. The van der Waals surface area contributed by atoms with Gasteiger partial charge in [-0.1, -0.05) is 13.3 Å². The number of methoxy groups -OCH3 is 1. The Morgan fingerprint density at radius 1 is 1.50 bits per heavy atom. The van der Waals surface area contributed by atoms with E-state index < -0.39 is 11.9 Å². The first-order valence-corrected chi connectivity index (χ1v) is 6.83. The topological polar surface area (TPSA) is 88.0 Å². The Hall–Kier alpha value is -1.53. The SMILES string of the molecule is CCCC(NOCC)C1=C(O)CC(C(=O)OC)C=C1O. The van der Waals surface area contributed by atoms with Crippen molar-refractivity contribution in [3.8, 4) is 0 Å². The lowest BCUT2D eigenvalue weighted by Crippen LogP contribution is -2.34.